The van der Waals surface area contributed by atoms with Crippen molar-refractivity contribution >= 4 is 22.6 Å². The summed E-state index contributed by atoms with van der Waals surface area (Å²) in [5.41, 5.74) is 3.07. The number of hydrogen-bond acceptors (Lipinski definition) is 8. The number of nitrogens with one attached hydrogen (secondary N) is 2. The topological polar surface area (TPSA) is 107 Å². The Morgan fingerprint density at radius 2 is 1.97 bits per heavy atom. The molecule has 0 unspecified atom stereocenters. The SMILES string of the molecule is COc1ccc2nccc(NC(=O)C3CCC(NCc4cnc5c(c4)OCCO5)CC3)c2n1. The summed E-state index contributed by atoms with van der Waals surface area (Å²) >= 11 is 0. The fourth-order valence-electron chi connectivity index (χ4n) is 4.35. The molecule has 4 heterocycles. The zero-order valence-electron chi connectivity index (χ0n) is 18.5. The molecule has 0 bridgehead atoms. The van der Waals surface area contributed by atoms with E-state index >= 15 is 0 Å². The first-order valence-corrected chi connectivity index (χ1v) is 11.3. The number of aromatic nitrogens is 3. The molecule has 0 aromatic carbocycles. The highest BCUT2D eigenvalue weighted by Gasteiger charge is 2.27. The molecule has 5 rings (SSSR count). The summed E-state index contributed by atoms with van der Waals surface area (Å²) in [7, 11) is 1.57. The first-order chi connectivity index (χ1) is 16.2. The molecule has 0 atom stereocenters. The summed E-state index contributed by atoms with van der Waals surface area (Å²) in [6.45, 7) is 1.80. The smallest absolute Gasteiger partial charge is 0.257 e. The number of hydrogen-bond donors (Lipinski definition) is 2. The van der Waals surface area contributed by atoms with E-state index < -0.39 is 0 Å². The van der Waals surface area contributed by atoms with E-state index in [4.69, 9.17) is 14.2 Å². The number of amides is 1. The monoisotopic (exact) mass is 449 g/mol. The van der Waals surface area contributed by atoms with E-state index in [0.717, 1.165) is 36.8 Å². The number of rotatable bonds is 6. The van der Waals surface area contributed by atoms with Crippen LogP contribution in [0.3, 0.4) is 0 Å². The fourth-order valence-corrected chi connectivity index (χ4v) is 4.35. The molecule has 172 valence electrons. The Balaban J connectivity index is 1.14. The van der Waals surface area contributed by atoms with Gasteiger partial charge in [-0.05, 0) is 49.4 Å². The van der Waals surface area contributed by atoms with Gasteiger partial charge in [0.1, 0.15) is 18.7 Å². The van der Waals surface area contributed by atoms with Crippen LogP contribution in [0.2, 0.25) is 0 Å². The van der Waals surface area contributed by atoms with Crippen molar-refractivity contribution < 1.29 is 19.0 Å². The van der Waals surface area contributed by atoms with Crippen molar-refractivity contribution in [1.82, 2.24) is 20.3 Å². The van der Waals surface area contributed by atoms with Gasteiger partial charge in [-0.25, -0.2) is 9.97 Å². The number of anilines is 1. The molecule has 0 radical (unpaired) electrons. The molecule has 2 aliphatic rings. The maximum Gasteiger partial charge on any atom is 0.257 e. The van der Waals surface area contributed by atoms with Crippen molar-refractivity contribution in [3.63, 3.8) is 0 Å². The van der Waals surface area contributed by atoms with Gasteiger partial charge in [0.15, 0.2) is 5.75 Å². The second kappa shape index (κ2) is 9.58. The van der Waals surface area contributed by atoms with Crippen molar-refractivity contribution in [3.8, 4) is 17.5 Å². The summed E-state index contributed by atoms with van der Waals surface area (Å²) in [5, 5.41) is 6.65. The standard InChI is InChI=1S/C24H27N5O4/c1-31-21-7-6-18-22(29-21)19(8-9-25-18)28-23(30)16-2-4-17(5-3-16)26-13-15-12-20-24(27-14-15)33-11-10-32-20/h6-9,12,14,16-17,26H,2-5,10-11,13H2,1H3,(H,25,28,30). The van der Waals surface area contributed by atoms with Crippen LogP contribution in [0, 0.1) is 5.92 Å². The fraction of sp³-hybridized carbons (Fsp3) is 0.417. The van der Waals surface area contributed by atoms with E-state index in [0.29, 0.717) is 54.5 Å². The van der Waals surface area contributed by atoms with Gasteiger partial charge in [-0.15, -0.1) is 0 Å². The predicted molar refractivity (Wildman–Crippen MR) is 123 cm³/mol. The van der Waals surface area contributed by atoms with E-state index in [9.17, 15) is 4.79 Å². The quantitative estimate of drug-likeness (QED) is 0.591. The van der Waals surface area contributed by atoms with Crippen LogP contribution < -0.4 is 24.8 Å². The normalized spacial score (nSPS) is 19.8. The zero-order valence-corrected chi connectivity index (χ0v) is 18.5. The first kappa shape index (κ1) is 21.4. The van der Waals surface area contributed by atoms with Crippen molar-refractivity contribution in [2.45, 2.75) is 38.3 Å². The Hall–Kier alpha value is -3.46. The minimum absolute atomic E-state index is 0.0205. The van der Waals surface area contributed by atoms with Crippen LogP contribution in [0.15, 0.2) is 36.7 Å². The highest BCUT2D eigenvalue weighted by atomic mass is 16.6. The lowest BCUT2D eigenvalue weighted by Crippen LogP contribution is -2.36. The van der Waals surface area contributed by atoms with E-state index in [1.54, 1.807) is 25.4 Å². The Kier molecular flexibility index (Phi) is 6.21. The van der Waals surface area contributed by atoms with Crippen molar-refractivity contribution in [1.29, 1.82) is 0 Å². The van der Waals surface area contributed by atoms with Gasteiger partial charge in [-0.3, -0.25) is 9.78 Å². The average molecular weight is 450 g/mol. The van der Waals surface area contributed by atoms with Crippen molar-refractivity contribution in [2.75, 3.05) is 25.6 Å². The molecule has 1 saturated carbocycles. The Morgan fingerprint density at radius 3 is 2.82 bits per heavy atom. The van der Waals surface area contributed by atoms with Crippen LogP contribution >= 0.6 is 0 Å². The number of carbonyl (C=O) groups is 1. The van der Waals surface area contributed by atoms with Gasteiger partial charge in [0.2, 0.25) is 11.8 Å². The molecular weight excluding hydrogens is 422 g/mol. The molecule has 3 aromatic heterocycles. The lowest BCUT2D eigenvalue weighted by molar-refractivity contribution is -0.120. The van der Waals surface area contributed by atoms with Gasteiger partial charge in [0.05, 0.1) is 18.3 Å². The molecule has 0 spiro atoms. The lowest BCUT2D eigenvalue weighted by Gasteiger charge is -2.28. The van der Waals surface area contributed by atoms with Crippen LogP contribution in [0.25, 0.3) is 11.0 Å². The summed E-state index contributed by atoms with van der Waals surface area (Å²) < 4.78 is 16.3. The Bertz CT molecular complexity index is 1150. The second-order valence-electron chi connectivity index (χ2n) is 8.34. The predicted octanol–water partition coefficient (Wildman–Crippen LogP) is 3.09. The molecule has 33 heavy (non-hydrogen) atoms. The highest BCUT2D eigenvalue weighted by Crippen LogP contribution is 2.30. The highest BCUT2D eigenvalue weighted by molar-refractivity contribution is 6.00. The number of fused-ring (bicyclic) bond motifs is 2. The number of methoxy groups -OCH3 is 1. The van der Waals surface area contributed by atoms with Crippen molar-refractivity contribution in [3.05, 3.63) is 42.2 Å². The van der Waals surface area contributed by atoms with E-state index in [2.05, 4.69) is 25.6 Å². The van der Waals surface area contributed by atoms with E-state index in [1.165, 1.54) is 0 Å². The van der Waals surface area contributed by atoms with Crippen molar-refractivity contribution in [2.24, 2.45) is 5.92 Å². The largest absolute Gasteiger partial charge is 0.484 e. The molecule has 1 fully saturated rings. The summed E-state index contributed by atoms with van der Waals surface area (Å²) in [5.74, 6) is 1.77. The molecule has 9 nitrogen and oxygen atoms in total. The van der Waals surface area contributed by atoms with Crippen LogP contribution in [0.4, 0.5) is 5.69 Å². The average Bonchev–Trinajstić information content (AvgIpc) is 2.87. The van der Waals surface area contributed by atoms with Gasteiger partial charge >= 0.3 is 0 Å². The van der Waals surface area contributed by atoms with Gasteiger partial charge < -0.3 is 24.8 Å². The van der Waals surface area contributed by atoms with Crippen LogP contribution in [-0.2, 0) is 11.3 Å². The first-order valence-electron chi connectivity index (χ1n) is 11.3. The number of pyridine rings is 3. The lowest BCUT2D eigenvalue weighted by atomic mass is 9.85. The molecule has 0 saturated heterocycles. The number of nitrogens with zero attached hydrogens (tertiary/aromatic N) is 3. The Morgan fingerprint density at radius 1 is 1.12 bits per heavy atom. The molecule has 9 heteroatoms. The van der Waals surface area contributed by atoms with Crippen LogP contribution in [-0.4, -0.2) is 47.2 Å². The summed E-state index contributed by atoms with van der Waals surface area (Å²) in [6.07, 6.45) is 7.06. The molecule has 3 aromatic rings. The molecule has 2 N–H and O–H groups in total. The molecule has 1 aliphatic heterocycles. The second-order valence-corrected chi connectivity index (χ2v) is 8.34. The minimum atomic E-state index is -0.0205. The third-order valence-electron chi connectivity index (χ3n) is 6.17. The zero-order chi connectivity index (χ0) is 22.6. The summed E-state index contributed by atoms with van der Waals surface area (Å²) in [4.78, 5) is 26.0. The van der Waals surface area contributed by atoms with Gasteiger partial charge in [0, 0.05) is 37.0 Å². The maximum absolute atomic E-state index is 12.9. The van der Waals surface area contributed by atoms with Gasteiger partial charge in [0.25, 0.3) is 5.88 Å². The van der Waals surface area contributed by atoms with E-state index in [1.807, 2.05) is 18.3 Å². The molecular formula is C24H27N5O4. The number of ether oxygens (including phenoxy) is 3. The third-order valence-corrected chi connectivity index (χ3v) is 6.17. The van der Waals surface area contributed by atoms with E-state index in [-0.39, 0.29) is 11.8 Å². The minimum Gasteiger partial charge on any atom is -0.484 e. The Labute approximate surface area is 191 Å². The van der Waals surface area contributed by atoms with Gasteiger partial charge in [-0.2, -0.15) is 0 Å². The van der Waals surface area contributed by atoms with Crippen LogP contribution in [0.1, 0.15) is 31.2 Å². The summed E-state index contributed by atoms with van der Waals surface area (Å²) in [6, 6.07) is 7.73. The maximum atomic E-state index is 12.9. The number of carbonyl (C=O) groups excluding carboxylic acids is 1. The van der Waals surface area contributed by atoms with Crippen LogP contribution in [0.5, 0.6) is 17.5 Å². The molecule has 1 aliphatic carbocycles. The third kappa shape index (κ3) is 4.83. The molecule has 1 amide bonds. The van der Waals surface area contributed by atoms with Gasteiger partial charge in [-0.1, -0.05) is 0 Å².